The van der Waals surface area contributed by atoms with Gasteiger partial charge in [0.25, 0.3) is 5.91 Å². The van der Waals surface area contributed by atoms with E-state index in [-0.39, 0.29) is 17.1 Å². The van der Waals surface area contributed by atoms with Crippen LogP contribution in [0.4, 0.5) is 18.3 Å². The van der Waals surface area contributed by atoms with Crippen molar-refractivity contribution in [2.24, 2.45) is 5.73 Å². The van der Waals surface area contributed by atoms with Crippen molar-refractivity contribution in [3.8, 4) is 17.1 Å². The van der Waals surface area contributed by atoms with Crippen LogP contribution in [0.2, 0.25) is 0 Å². The third-order valence-corrected chi connectivity index (χ3v) is 4.49. The van der Waals surface area contributed by atoms with E-state index in [1.54, 1.807) is 13.0 Å². The van der Waals surface area contributed by atoms with Crippen LogP contribution in [0, 0.1) is 6.92 Å². The highest BCUT2D eigenvalue weighted by Gasteiger charge is 2.31. The standard InChI is InChI=1S/C19H19F3N4O3S/c1-10-13(16(27)25-17-24-15(26-30-17)9-18(2,3)23)8-14(28-10)11-5-4-6-12(7-11)29-19(20,21)22/h4-8H,9,23H2,1-3H3,(H,24,25,26,27). The summed E-state index contributed by atoms with van der Waals surface area (Å²) in [5, 5.41) is 2.95. The number of alkyl halides is 3. The molecule has 160 valence electrons. The van der Waals surface area contributed by atoms with Crippen molar-refractivity contribution in [3.05, 3.63) is 47.5 Å². The van der Waals surface area contributed by atoms with Crippen LogP contribution in [0.5, 0.6) is 5.75 Å². The van der Waals surface area contributed by atoms with Crippen molar-refractivity contribution >= 4 is 22.6 Å². The summed E-state index contributed by atoms with van der Waals surface area (Å²) >= 11 is 1.03. The molecule has 2 aromatic heterocycles. The number of carbonyl (C=O) groups is 1. The number of furan rings is 1. The maximum absolute atomic E-state index is 12.6. The van der Waals surface area contributed by atoms with Gasteiger partial charge in [-0.05, 0) is 39.0 Å². The molecule has 0 saturated carbocycles. The van der Waals surface area contributed by atoms with Gasteiger partial charge in [-0.15, -0.1) is 13.2 Å². The molecule has 2 heterocycles. The van der Waals surface area contributed by atoms with E-state index in [0.717, 1.165) is 11.5 Å². The Bertz CT molecular complexity index is 1050. The molecule has 0 spiro atoms. The predicted molar refractivity (Wildman–Crippen MR) is 105 cm³/mol. The highest BCUT2D eigenvalue weighted by molar-refractivity contribution is 7.09. The number of aryl methyl sites for hydroxylation is 1. The first-order valence-corrected chi connectivity index (χ1v) is 9.56. The monoisotopic (exact) mass is 440 g/mol. The molecular formula is C19H19F3N4O3S. The molecule has 0 radical (unpaired) electrons. The molecular weight excluding hydrogens is 421 g/mol. The Balaban J connectivity index is 1.76. The van der Waals surface area contributed by atoms with Crippen LogP contribution in [0.1, 0.15) is 35.8 Å². The Kier molecular flexibility index (Phi) is 5.86. The van der Waals surface area contributed by atoms with E-state index in [1.807, 2.05) is 13.8 Å². The summed E-state index contributed by atoms with van der Waals surface area (Å²) in [6.45, 7) is 5.27. The number of carbonyl (C=O) groups excluding carboxylic acids is 1. The average molecular weight is 440 g/mol. The molecule has 1 aromatic carbocycles. The molecule has 11 heteroatoms. The number of hydrogen-bond donors (Lipinski definition) is 2. The topological polar surface area (TPSA) is 103 Å². The zero-order valence-electron chi connectivity index (χ0n) is 16.3. The molecule has 0 saturated heterocycles. The van der Waals surface area contributed by atoms with Gasteiger partial charge in [0.15, 0.2) is 0 Å². The second kappa shape index (κ2) is 8.07. The maximum atomic E-state index is 12.6. The number of nitrogens with two attached hydrogens (primary N) is 1. The fourth-order valence-corrected chi connectivity index (χ4v) is 3.23. The van der Waals surface area contributed by atoms with Gasteiger partial charge < -0.3 is 14.9 Å². The smallest absolute Gasteiger partial charge is 0.461 e. The maximum Gasteiger partial charge on any atom is 0.573 e. The van der Waals surface area contributed by atoms with E-state index < -0.39 is 17.8 Å². The Morgan fingerprint density at radius 1 is 1.30 bits per heavy atom. The first-order chi connectivity index (χ1) is 13.9. The van der Waals surface area contributed by atoms with Crippen LogP contribution >= 0.6 is 11.5 Å². The summed E-state index contributed by atoms with van der Waals surface area (Å²) in [6, 6.07) is 6.75. The molecule has 0 aliphatic rings. The predicted octanol–water partition coefficient (Wildman–Crippen LogP) is 4.54. The van der Waals surface area contributed by atoms with Gasteiger partial charge in [0, 0.05) is 29.1 Å². The van der Waals surface area contributed by atoms with Crippen molar-refractivity contribution < 1.29 is 27.1 Å². The highest BCUT2D eigenvalue weighted by atomic mass is 32.1. The van der Waals surface area contributed by atoms with Gasteiger partial charge in [0.1, 0.15) is 23.1 Å². The van der Waals surface area contributed by atoms with Gasteiger partial charge in [-0.2, -0.15) is 4.37 Å². The molecule has 0 aliphatic carbocycles. The van der Waals surface area contributed by atoms with E-state index in [0.29, 0.717) is 28.7 Å². The van der Waals surface area contributed by atoms with Crippen molar-refractivity contribution in [2.45, 2.75) is 39.1 Å². The number of rotatable bonds is 6. The minimum absolute atomic E-state index is 0.225. The van der Waals surface area contributed by atoms with Crippen LogP contribution in [0.25, 0.3) is 11.3 Å². The number of amides is 1. The second-order valence-corrected chi connectivity index (χ2v) is 8.04. The van der Waals surface area contributed by atoms with Crippen molar-refractivity contribution in [3.63, 3.8) is 0 Å². The van der Waals surface area contributed by atoms with Gasteiger partial charge in [0.2, 0.25) is 5.13 Å². The third kappa shape index (κ3) is 5.80. The average Bonchev–Trinajstić information content (AvgIpc) is 3.18. The van der Waals surface area contributed by atoms with E-state index in [9.17, 15) is 18.0 Å². The first kappa shape index (κ1) is 21.8. The van der Waals surface area contributed by atoms with Gasteiger partial charge >= 0.3 is 6.36 Å². The lowest BCUT2D eigenvalue weighted by atomic mass is 10.0. The Morgan fingerprint density at radius 3 is 2.70 bits per heavy atom. The Hall–Kier alpha value is -2.92. The molecule has 0 aliphatic heterocycles. The molecule has 0 atom stereocenters. The second-order valence-electron chi connectivity index (χ2n) is 7.29. The molecule has 7 nitrogen and oxygen atoms in total. The number of hydrogen-bond acceptors (Lipinski definition) is 7. The number of aromatic nitrogens is 2. The lowest BCUT2D eigenvalue weighted by Crippen LogP contribution is -2.34. The highest BCUT2D eigenvalue weighted by Crippen LogP contribution is 2.31. The SMILES string of the molecule is Cc1oc(-c2cccc(OC(F)(F)F)c2)cc1C(=O)Nc1nc(CC(C)(C)N)ns1. The van der Waals surface area contributed by atoms with Crippen molar-refractivity contribution in [1.29, 1.82) is 0 Å². The van der Waals surface area contributed by atoms with Crippen LogP contribution in [0.3, 0.4) is 0 Å². The number of anilines is 1. The van der Waals surface area contributed by atoms with Crippen LogP contribution in [-0.4, -0.2) is 27.2 Å². The van der Waals surface area contributed by atoms with E-state index >= 15 is 0 Å². The molecule has 30 heavy (non-hydrogen) atoms. The number of halogens is 3. The Labute approximate surface area is 174 Å². The molecule has 3 N–H and O–H groups in total. The lowest BCUT2D eigenvalue weighted by Gasteiger charge is -2.15. The van der Waals surface area contributed by atoms with Gasteiger partial charge in [-0.25, -0.2) is 4.98 Å². The Morgan fingerprint density at radius 2 is 2.03 bits per heavy atom. The fourth-order valence-electron chi connectivity index (χ4n) is 2.64. The molecule has 0 unspecified atom stereocenters. The summed E-state index contributed by atoms with van der Waals surface area (Å²) in [5.41, 5.74) is 6.02. The first-order valence-electron chi connectivity index (χ1n) is 8.79. The van der Waals surface area contributed by atoms with E-state index in [1.165, 1.54) is 24.3 Å². The number of ether oxygens (including phenoxy) is 1. The lowest BCUT2D eigenvalue weighted by molar-refractivity contribution is -0.274. The normalized spacial score (nSPS) is 12.1. The molecule has 0 bridgehead atoms. The summed E-state index contributed by atoms with van der Waals surface area (Å²) in [4.78, 5) is 16.8. The molecule has 3 aromatic rings. The summed E-state index contributed by atoms with van der Waals surface area (Å²) in [5.74, 6) is 0.198. The number of nitrogens with zero attached hydrogens (tertiary/aromatic N) is 2. The summed E-state index contributed by atoms with van der Waals surface area (Å²) in [6.07, 6.45) is -4.35. The largest absolute Gasteiger partial charge is 0.573 e. The van der Waals surface area contributed by atoms with Crippen LogP contribution in [-0.2, 0) is 6.42 Å². The minimum atomic E-state index is -4.80. The minimum Gasteiger partial charge on any atom is -0.461 e. The molecule has 3 rings (SSSR count). The third-order valence-electron chi connectivity index (χ3n) is 3.82. The van der Waals surface area contributed by atoms with Crippen molar-refractivity contribution in [1.82, 2.24) is 9.36 Å². The quantitative estimate of drug-likeness (QED) is 0.583. The van der Waals surface area contributed by atoms with Crippen molar-refractivity contribution in [2.75, 3.05) is 5.32 Å². The summed E-state index contributed by atoms with van der Waals surface area (Å²) in [7, 11) is 0. The van der Waals surface area contributed by atoms with Gasteiger partial charge in [-0.3, -0.25) is 10.1 Å². The number of nitrogens with one attached hydrogen (secondary N) is 1. The van der Waals surface area contributed by atoms with Gasteiger partial charge in [0.05, 0.1) is 5.56 Å². The van der Waals surface area contributed by atoms with Crippen LogP contribution in [0.15, 0.2) is 34.7 Å². The fraction of sp³-hybridized carbons (Fsp3) is 0.316. The molecule has 0 fully saturated rings. The van der Waals surface area contributed by atoms with E-state index in [4.69, 9.17) is 10.2 Å². The van der Waals surface area contributed by atoms with E-state index in [2.05, 4.69) is 19.4 Å². The summed E-state index contributed by atoms with van der Waals surface area (Å²) < 4.78 is 51.0. The van der Waals surface area contributed by atoms with Gasteiger partial charge in [-0.1, -0.05) is 12.1 Å². The zero-order valence-corrected chi connectivity index (χ0v) is 17.1. The molecule has 1 amide bonds. The number of benzene rings is 1. The zero-order chi connectivity index (χ0) is 22.1. The van der Waals surface area contributed by atoms with Crippen LogP contribution < -0.4 is 15.8 Å².